The molecule has 2 heterocycles. The highest BCUT2D eigenvalue weighted by molar-refractivity contribution is 5.82. The van der Waals surface area contributed by atoms with E-state index in [2.05, 4.69) is 24.2 Å². The Bertz CT molecular complexity index is 261. The van der Waals surface area contributed by atoms with Gasteiger partial charge < -0.3 is 10.1 Å². The Labute approximate surface area is 98.7 Å². The third kappa shape index (κ3) is 3.48. The molecule has 1 fully saturated rings. The first-order valence-corrected chi connectivity index (χ1v) is 6.59. The van der Waals surface area contributed by atoms with Crippen molar-refractivity contribution in [2.45, 2.75) is 64.0 Å². The maximum absolute atomic E-state index is 5.73. The number of nitrogens with one attached hydrogen (secondary N) is 1. The smallest absolute Gasteiger partial charge is 0.0965 e. The van der Waals surface area contributed by atoms with E-state index in [0.717, 1.165) is 32.4 Å². The van der Waals surface area contributed by atoms with Gasteiger partial charge in [0.05, 0.1) is 11.4 Å². The minimum absolute atomic E-state index is 0.0290. The van der Waals surface area contributed by atoms with E-state index in [4.69, 9.17) is 4.74 Å². The maximum Gasteiger partial charge on any atom is 0.0965 e. The summed E-state index contributed by atoms with van der Waals surface area (Å²) in [7, 11) is 0. The molecule has 0 aliphatic carbocycles. The van der Waals surface area contributed by atoms with Crippen LogP contribution < -0.4 is 5.32 Å². The third-order valence-corrected chi connectivity index (χ3v) is 3.44. The molecule has 2 rings (SSSR count). The van der Waals surface area contributed by atoms with E-state index in [1.807, 2.05) is 0 Å². The average Bonchev–Trinajstić information content (AvgIpc) is 2.45. The van der Waals surface area contributed by atoms with Crippen LogP contribution in [0.5, 0.6) is 0 Å². The molecule has 1 saturated heterocycles. The highest BCUT2D eigenvalue weighted by Crippen LogP contribution is 2.24. The number of nitrogens with zero attached hydrogens (tertiary/aromatic N) is 1. The minimum Gasteiger partial charge on any atom is -0.375 e. The van der Waals surface area contributed by atoms with Crippen molar-refractivity contribution in [1.82, 2.24) is 5.32 Å². The fraction of sp³-hybridized carbons (Fsp3) is 0.923. The summed E-state index contributed by atoms with van der Waals surface area (Å²) in [5.74, 6) is 1.24. The summed E-state index contributed by atoms with van der Waals surface area (Å²) in [4.78, 5) is 4.63. The summed E-state index contributed by atoms with van der Waals surface area (Å²) in [5, 5.41) is 3.62. The molecule has 3 heteroatoms. The number of hydrogen-bond donors (Lipinski definition) is 1. The molecule has 2 aliphatic heterocycles. The lowest BCUT2D eigenvalue weighted by Crippen LogP contribution is -2.45. The summed E-state index contributed by atoms with van der Waals surface area (Å²) in [6.07, 6.45) is 7.21. The van der Waals surface area contributed by atoms with Crippen molar-refractivity contribution in [2.24, 2.45) is 4.99 Å². The second-order valence-electron chi connectivity index (χ2n) is 5.58. The summed E-state index contributed by atoms with van der Waals surface area (Å²) in [6.45, 7) is 6.23. The quantitative estimate of drug-likeness (QED) is 0.742. The van der Waals surface area contributed by atoms with Crippen LogP contribution in [0.3, 0.4) is 0 Å². The molecule has 0 aromatic carbocycles. The molecular formula is C13H24N2O. The zero-order valence-electron chi connectivity index (χ0n) is 10.6. The van der Waals surface area contributed by atoms with Crippen molar-refractivity contribution in [2.75, 3.05) is 13.2 Å². The van der Waals surface area contributed by atoms with Gasteiger partial charge in [-0.1, -0.05) is 6.42 Å². The predicted molar refractivity (Wildman–Crippen MR) is 67.0 cm³/mol. The van der Waals surface area contributed by atoms with Crippen LogP contribution in [0.25, 0.3) is 0 Å². The second kappa shape index (κ2) is 5.17. The molecule has 2 aliphatic rings. The zero-order valence-corrected chi connectivity index (χ0v) is 10.6. The van der Waals surface area contributed by atoms with E-state index in [-0.39, 0.29) is 5.60 Å². The number of aliphatic imine (C=N–C) groups is 1. The SMILES string of the molecule is CC1(C)CC(NC2=NCCCCC2)CCO1. The van der Waals surface area contributed by atoms with Gasteiger partial charge in [0.1, 0.15) is 0 Å². The molecule has 0 saturated carbocycles. The Morgan fingerprint density at radius 2 is 2.19 bits per heavy atom. The number of rotatable bonds is 1. The van der Waals surface area contributed by atoms with E-state index in [9.17, 15) is 0 Å². The second-order valence-corrected chi connectivity index (χ2v) is 5.58. The van der Waals surface area contributed by atoms with Crippen molar-refractivity contribution in [3.63, 3.8) is 0 Å². The Balaban J connectivity index is 1.86. The molecule has 1 atom stereocenters. The van der Waals surface area contributed by atoms with E-state index < -0.39 is 0 Å². The number of ether oxygens (including phenoxy) is 1. The molecule has 0 aromatic rings. The number of hydrogen-bond acceptors (Lipinski definition) is 3. The molecule has 16 heavy (non-hydrogen) atoms. The van der Waals surface area contributed by atoms with Gasteiger partial charge in [-0.25, -0.2) is 0 Å². The molecule has 92 valence electrons. The van der Waals surface area contributed by atoms with Crippen LogP contribution >= 0.6 is 0 Å². The van der Waals surface area contributed by atoms with Crippen molar-refractivity contribution < 1.29 is 4.74 Å². The molecular weight excluding hydrogens is 200 g/mol. The molecule has 0 amide bonds. The lowest BCUT2D eigenvalue weighted by molar-refractivity contribution is -0.0605. The molecule has 0 spiro atoms. The summed E-state index contributed by atoms with van der Waals surface area (Å²) < 4.78 is 5.73. The van der Waals surface area contributed by atoms with Gasteiger partial charge in [-0.3, -0.25) is 4.99 Å². The minimum atomic E-state index is 0.0290. The predicted octanol–water partition coefficient (Wildman–Crippen LogP) is 2.51. The van der Waals surface area contributed by atoms with Gasteiger partial charge in [-0.15, -0.1) is 0 Å². The van der Waals surface area contributed by atoms with Crippen LogP contribution in [0.1, 0.15) is 52.4 Å². The van der Waals surface area contributed by atoms with Crippen LogP contribution in [-0.2, 0) is 4.74 Å². The Morgan fingerprint density at radius 3 is 3.00 bits per heavy atom. The van der Waals surface area contributed by atoms with Gasteiger partial charge in [-0.2, -0.15) is 0 Å². The molecule has 0 aromatic heterocycles. The van der Waals surface area contributed by atoms with Crippen molar-refractivity contribution >= 4 is 5.84 Å². The summed E-state index contributed by atoms with van der Waals surface area (Å²) in [5.41, 5.74) is 0.0290. The highest BCUT2D eigenvalue weighted by Gasteiger charge is 2.29. The van der Waals surface area contributed by atoms with E-state index in [1.54, 1.807) is 0 Å². The first-order valence-electron chi connectivity index (χ1n) is 6.59. The van der Waals surface area contributed by atoms with Gasteiger partial charge in [0.15, 0.2) is 0 Å². The van der Waals surface area contributed by atoms with Gasteiger partial charge in [-0.05, 0) is 39.5 Å². The fourth-order valence-electron chi connectivity index (χ4n) is 2.58. The molecule has 0 radical (unpaired) electrons. The molecule has 1 N–H and O–H groups in total. The van der Waals surface area contributed by atoms with Crippen molar-refractivity contribution in [3.05, 3.63) is 0 Å². The standard InChI is InChI=1S/C13H24N2O/c1-13(2)10-11(7-9-16-13)15-12-6-4-3-5-8-14-12/h11H,3-10H2,1-2H3,(H,14,15). The van der Waals surface area contributed by atoms with Gasteiger partial charge in [0.25, 0.3) is 0 Å². The summed E-state index contributed by atoms with van der Waals surface area (Å²) in [6, 6.07) is 0.556. The highest BCUT2D eigenvalue weighted by atomic mass is 16.5. The normalized spacial score (nSPS) is 30.4. The first-order chi connectivity index (χ1) is 7.66. The van der Waals surface area contributed by atoms with E-state index in [0.29, 0.717) is 6.04 Å². The first kappa shape index (κ1) is 11.9. The lowest BCUT2D eigenvalue weighted by Gasteiger charge is -2.36. The molecule has 3 nitrogen and oxygen atoms in total. The van der Waals surface area contributed by atoms with E-state index >= 15 is 0 Å². The van der Waals surface area contributed by atoms with Crippen molar-refractivity contribution in [1.29, 1.82) is 0 Å². The largest absolute Gasteiger partial charge is 0.375 e. The average molecular weight is 224 g/mol. The summed E-state index contributed by atoms with van der Waals surface area (Å²) >= 11 is 0. The van der Waals surface area contributed by atoms with Gasteiger partial charge in [0, 0.05) is 25.6 Å². The third-order valence-electron chi connectivity index (χ3n) is 3.44. The van der Waals surface area contributed by atoms with Gasteiger partial charge >= 0.3 is 0 Å². The van der Waals surface area contributed by atoms with Crippen LogP contribution in [0, 0.1) is 0 Å². The topological polar surface area (TPSA) is 33.6 Å². The Morgan fingerprint density at radius 1 is 1.31 bits per heavy atom. The molecule has 1 unspecified atom stereocenters. The lowest BCUT2D eigenvalue weighted by atomic mass is 9.94. The van der Waals surface area contributed by atoms with E-state index in [1.165, 1.54) is 25.1 Å². The maximum atomic E-state index is 5.73. The molecule has 0 bridgehead atoms. The monoisotopic (exact) mass is 224 g/mol. The number of amidine groups is 1. The van der Waals surface area contributed by atoms with Crippen LogP contribution in [0.4, 0.5) is 0 Å². The zero-order chi connectivity index (χ0) is 11.4. The Hall–Kier alpha value is -0.570. The van der Waals surface area contributed by atoms with Crippen LogP contribution in [0.15, 0.2) is 4.99 Å². The fourth-order valence-corrected chi connectivity index (χ4v) is 2.58. The van der Waals surface area contributed by atoms with Crippen LogP contribution in [-0.4, -0.2) is 30.6 Å². The van der Waals surface area contributed by atoms with Crippen molar-refractivity contribution in [3.8, 4) is 0 Å². The van der Waals surface area contributed by atoms with Crippen LogP contribution in [0.2, 0.25) is 0 Å². The Kier molecular flexibility index (Phi) is 3.85. The van der Waals surface area contributed by atoms with Gasteiger partial charge in [0.2, 0.25) is 0 Å².